The minimum Gasteiger partial charge on any atom is -0.290 e. The Morgan fingerprint density at radius 1 is 1.78 bits per heavy atom. The molecule has 0 saturated heterocycles. The first-order valence-corrected chi connectivity index (χ1v) is 1.63. The molecule has 0 rings (SSSR count). The molecule has 8 heteroatoms. The molecule has 0 atom stereocenters. The van der Waals surface area contributed by atoms with E-state index in [4.69, 9.17) is 5.41 Å². The minimum absolute atomic E-state index is 0. The molecule has 1 radical (unpaired) electrons. The van der Waals surface area contributed by atoms with Crippen molar-refractivity contribution in [3.63, 3.8) is 0 Å². The van der Waals surface area contributed by atoms with Crippen LogP contribution in [-0.2, 0) is 16.8 Å². The normalized spacial score (nSPS) is 6.78. The van der Waals surface area contributed by atoms with Crippen molar-refractivity contribution in [2.45, 2.75) is 0 Å². The van der Waals surface area contributed by atoms with Gasteiger partial charge in [0.1, 0.15) is 0 Å². The fourth-order valence-corrected chi connectivity index (χ4v) is 0.124. The van der Waals surface area contributed by atoms with Crippen molar-refractivity contribution in [2.24, 2.45) is 5.84 Å². The molecular formula is CH5CoN5O2. The Morgan fingerprint density at radius 3 is 2.33 bits per heavy atom. The maximum absolute atomic E-state index is 9.43. The molecule has 0 amide bonds. The first-order chi connectivity index (χ1) is 3.66. The van der Waals surface area contributed by atoms with E-state index in [1.165, 1.54) is 5.43 Å². The number of nitrogens with two attached hydrogens (primary N) is 1. The van der Waals surface area contributed by atoms with E-state index >= 15 is 0 Å². The molecule has 0 aliphatic rings. The smallest absolute Gasteiger partial charge is 0.265 e. The standard InChI is InChI=1S/CH5N5O2.Co/c2-1(4-3)5-6(7)8;/h3H2,(H3,2,4,5);. The fourth-order valence-electron chi connectivity index (χ4n) is 0.124. The van der Waals surface area contributed by atoms with Crippen molar-refractivity contribution in [3.8, 4) is 0 Å². The van der Waals surface area contributed by atoms with Gasteiger partial charge in [-0.1, -0.05) is 5.43 Å². The molecular weight excluding hydrogens is 173 g/mol. The average Bonchev–Trinajstić information content (AvgIpc) is 1.65. The summed E-state index contributed by atoms with van der Waals surface area (Å²) in [5.74, 6) is 4.03. The molecule has 0 heterocycles. The number of hydrogen-bond acceptors (Lipinski definition) is 4. The number of nitrogens with zero attached hydrogens (tertiary/aromatic N) is 1. The summed E-state index contributed by atoms with van der Waals surface area (Å²) in [5, 5.41) is 15.0. The Labute approximate surface area is 60.8 Å². The van der Waals surface area contributed by atoms with Crippen LogP contribution in [0.1, 0.15) is 0 Å². The summed E-state index contributed by atoms with van der Waals surface area (Å²) in [7, 11) is 0. The Balaban J connectivity index is 0. The van der Waals surface area contributed by atoms with E-state index in [1.807, 2.05) is 0 Å². The van der Waals surface area contributed by atoms with Crippen molar-refractivity contribution in [2.75, 3.05) is 0 Å². The SMILES string of the molecule is N=C(NN)N[N+](=O)[O-].[Co]. The summed E-state index contributed by atoms with van der Waals surface area (Å²) in [6.07, 6.45) is 0. The van der Waals surface area contributed by atoms with Crippen molar-refractivity contribution < 1.29 is 21.8 Å². The van der Waals surface area contributed by atoms with Crippen molar-refractivity contribution in [1.29, 1.82) is 5.41 Å². The van der Waals surface area contributed by atoms with Gasteiger partial charge in [0.25, 0.3) is 5.96 Å². The van der Waals surface area contributed by atoms with Crippen LogP contribution >= 0.6 is 0 Å². The van der Waals surface area contributed by atoms with E-state index in [0.29, 0.717) is 0 Å². The first kappa shape index (κ1) is 11.0. The molecule has 0 aromatic rings. The molecule has 7 nitrogen and oxygen atoms in total. The molecule has 0 aliphatic carbocycles. The van der Waals surface area contributed by atoms with Crippen LogP contribution in [-0.4, -0.2) is 11.0 Å². The Hall–Kier alpha value is -0.864. The summed E-state index contributed by atoms with van der Waals surface area (Å²) in [5.41, 5.74) is 3.19. The first-order valence-electron chi connectivity index (χ1n) is 1.63. The number of nitro groups is 1. The van der Waals surface area contributed by atoms with Gasteiger partial charge in [-0.25, -0.2) is 16.0 Å². The summed E-state index contributed by atoms with van der Waals surface area (Å²) >= 11 is 0. The van der Waals surface area contributed by atoms with Gasteiger partial charge in [0.05, 0.1) is 0 Å². The monoisotopic (exact) mass is 178 g/mol. The fraction of sp³-hybridized carbons (Fsp3) is 0. The van der Waals surface area contributed by atoms with E-state index in [-0.39, 0.29) is 16.8 Å². The van der Waals surface area contributed by atoms with Crippen LogP contribution in [0.4, 0.5) is 0 Å². The van der Waals surface area contributed by atoms with Gasteiger partial charge in [0, 0.05) is 16.8 Å². The Morgan fingerprint density at radius 2 is 2.22 bits per heavy atom. The molecule has 9 heavy (non-hydrogen) atoms. The van der Waals surface area contributed by atoms with Gasteiger partial charge >= 0.3 is 0 Å². The molecule has 0 saturated carbocycles. The molecule has 0 unspecified atom stereocenters. The van der Waals surface area contributed by atoms with Crippen LogP contribution in [0.5, 0.6) is 0 Å². The largest absolute Gasteiger partial charge is 0.290 e. The zero-order valence-corrected chi connectivity index (χ0v) is 5.22. The quantitative estimate of drug-likeness (QED) is 0.124. The second kappa shape index (κ2) is 5.28. The number of guanidine groups is 1. The van der Waals surface area contributed by atoms with Gasteiger partial charge in [-0.05, 0) is 0 Å². The van der Waals surface area contributed by atoms with Crippen LogP contribution in [0, 0.1) is 15.5 Å². The average molecular weight is 178 g/mol. The zero-order valence-electron chi connectivity index (χ0n) is 4.17. The Bertz CT molecular complexity index is 114. The molecule has 0 bridgehead atoms. The van der Waals surface area contributed by atoms with Crippen molar-refractivity contribution in [3.05, 3.63) is 10.1 Å². The molecule has 0 aromatic carbocycles. The van der Waals surface area contributed by atoms with Gasteiger partial charge in [0.15, 0.2) is 5.03 Å². The predicted molar refractivity (Wildman–Crippen MR) is 25.2 cm³/mol. The number of nitrogens with one attached hydrogen (secondary N) is 3. The van der Waals surface area contributed by atoms with E-state index in [0.717, 1.165) is 0 Å². The van der Waals surface area contributed by atoms with Gasteiger partial charge in [-0.3, -0.25) is 10.8 Å². The summed E-state index contributed by atoms with van der Waals surface area (Å²) in [4.78, 5) is 9.43. The van der Waals surface area contributed by atoms with Crippen molar-refractivity contribution in [1.82, 2.24) is 10.9 Å². The van der Waals surface area contributed by atoms with Crippen LogP contribution in [0.2, 0.25) is 0 Å². The van der Waals surface area contributed by atoms with Gasteiger partial charge in [-0.15, -0.1) is 0 Å². The van der Waals surface area contributed by atoms with Crippen LogP contribution in [0.3, 0.4) is 0 Å². The zero-order chi connectivity index (χ0) is 6.57. The van der Waals surface area contributed by atoms with E-state index < -0.39 is 11.0 Å². The number of rotatable bonds is 1. The van der Waals surface area contributed by atoms with Crippen LogP contribution < -0.4 is 16.7 Å². The molecule has 5 N–H and O–H groups in total. The maximum Gasteiger partial charge on any atom is 0.265 e. The van der Waals surface area contributed by atoms with Gasteiger partial charge in [-0.2, -0.15) is 0 Å². The maximum atomic E-state index is 9.43. The third-order valence-electron chi connectivity index (χ3n) is 0.347. The number of hydrazine groups is 2. The summed E-state index contributed by atoms with van der Waals surface area (Å²) < 4.78 is 0. The van der Waals surface area contributed by atoms with Gasteiger partial charge < -0.3 is 0 Å². The molecule has 55 valence electrons. The number of hydrogen-bond donors (Lipinski definition) is 4. The minimum atomic E-state index is -0.887. The third kappa shape index (κ3) is 7.14. The van der Waals surface area contributed by atoms with Crippen molar-refractivity contribution >= 4 is 5.96 Å². The second-order valence-corrected chi connectivity index (χ2v) is 0.888. The molecule has 0 spiro atoms. The summed E-state index contributed by atoms with van der Waals surface area (Å²) in [6, 6.07) is 0. The topological polar surface area (TPSA) is 117 Å². The molecule has 0 fully saturated rings. The van der Waals surface area contributed by atoms with E-state index in [2.05, 4.69) is 5.84 Å². The predicted octanol–water partition coefficient (Wildman–Crippen LogP) is -1.84. The molecule has 0 aromatic heterocycles. The van der Waals surface area contributed by atoms with E-state index in [9.17, 15) is 10.1 Å². The van der Waals surface area contributed by atoms with Gasteiger partial charge in [0.2, 0.25) is 0 Å². The summed E-state index contributed by atoms with van der Waals surface area (Å²) in [6.45, 7) is 0. The third-order valence-corrected chi connectivity index (χ3v) is 0.347. The van der Waals surface area contributed by atoms with E-state index in [1.54, 1.807) is 5.43 Å². The van der Waals surface area contributed by atoms with Crippen LogP contribution in [0.25, 0.3) is 0 Å². The Kier molecular flexibility index (Phi) is 6.45. The second-order valence-electron chi connectivity index (χ2n) is 0.888. The molecule has 0 aliphatic heterocycles. The van der Waals surface area contributed by atoms with Crippen LogP contribution in [0.15, 0.2) is 0 Å².